The van der Waals surface area contributed by atoms with Crippen LogP contribution in [0.2, 0.25) is 10.2 Å². The summed E-state index contributed by atoms with van der Waals surface area (Å²) in [5, 5.41) is 7.70. The second-order valence-electron chi connectivity index (χ2n) is 6.44. The second-order valence-corrected chi connectivity index (χ2v) is 7.21. The van der Waals surface area contributed by atoms with Crippen molar-refractivity contribution >= 4 is 53.1 Å². The lowest BCUT2D eigenvalue weighted by Gasteiger charge is -2.13. The van der Waals surface area contributed by atoms with E-state index in [1.54, 1.807) is 0 Å². The van der Waals surface area contributed by atoms with Gasteiger partial charge in [0.15, 0.2) is 5.96 Å². The zero-order valence-electron chi connectivity index (χ0n) is 16.2. The molecule has 0 unspecified atom stereocenters. The average molecular weight is 524 g/mol. The van der Waals surface area contributed by atoms with Crippen LogP contribution in [0.4, 0.5) is 0 Å². The van der Waals surface area contributed by atoms with Gasteiger partial charge in [0.25, 0.3) is 0 Å². The van der Waals surface area contributed by atoms with Crippen molar-refractivity contribution in [2.45, 2.75) is 26.6 Å². The first-order chi connectivity index (χ1) is 12.4. The number of rotatable bonds is 7. The topological polar surface area (TPSA) is 44.6 Å². The van der Waals surface area contributed by atoms with Gasteiger partial charge in [-0.1, -0.05) is 47.5 Å². The summed E-state index contributed by atoms with van der Waals surface area (Å²) < 4.78 is 1.87. The fraction of sp³-hybridized carbons (Fsp3) is 0.421. The molecule has 0 spiro atoms. The Labute approximate surface area is 189 Å². The SMILES string of the molecule is CCNC(=NCc1cccc(CN(C)C)c1)NCc1cc(Cl)c(Cl)n1C.I. The summed E-state index contributed by atoms with van der Waals surface area (Å²) in [6.07, 6.45) is 0. The molecular weight excluding hydrogens is 496 g/mol. The third-order valence-electron chi connectivity index (χ3n) is 3.91. The normalized spacial score (nSPS) is 11.4. The molecule has 0 saturated carbocycles. The van der Waals surface area contributed by atoms with E-state index in [0.717, 1.165) is 24.7 Å². The zero-order valence-corrected chi connectivity index (χ0v) is 20.1. The van der Waals surface area contributed by atoms with Gasteiger partial charge in [0.2, 0.25) is 0 Å². The molecule has 2 aromatic rings. The predicted molar refractivity (Wildman–Crippen MR) is 126 cm³/mol. The summed E-state index contributed by atoms with van der Waals surface area (Å²) in [4.78, 5) is 6.84. The number of guanidine groups is 1. The van der Waals surface area contributed by atoms with Gasteiger partial charge < -0.3 is 20.1 Å². The first kappa shape index (κ1) is 24.1. The van der Waals surface area contributed by atoms with Crippen LogP contribution in [0.25, 0.3) is 0 Å². The molecule has 150 valence electrons. The molecule has 0 bridgehead atoms. The molecule has 5 nitrogen and oxygen atoms in total. The van der Waals surface area contributed by atoms with Crippen molar-refractivity contribution in [2.75, 3.05) is 20.6 Å². The molecule has 8 heteroatoms. The highest BCUT2D eigenvalue weighted by Gasteiger charge is 2.09. The van der Waals surface area contributed by atoms with Crippen LogP contribution in [-0.4, -0.2) is 36.1 Å². The van der Waals surface area contributed by atoms with E-state index in [2.05, 4.69) is 58.9 Å². The molecule has 1 heterocycles. The van der Waals surface area contributed by atoms with E-state index in [0.29, 0.717) is 23.3 Å². The smallest absolute Gasteiger partial charge is 0.191 e. The number of benzene rings is 1. The Balaban J connectivity index is 0.00000364. The van der Waals surface area contributed by atoms with Gasteiger partial charge in [-0.05, 0) is 38.2 Å². The molecule has 1 aromatic carbocycles. The van der Waals surface area contributed by atoms with Crippen molar-refractivity contribution in [3.63, 3.8) is 0 Å². The van der Waals surface area contributed by atoms with Crippen molar-refractivity contribution < 1.29 is 0 Å². The van der Waals surface area contributed by atoms with Gasteiger partial charge >= 0.3 is 0 Å². The summed E-state index contributed by atoms with van der Waals surface area (Å²) in [5.74, 6) is 0.763. The fourth-order valence-corrected chi connectivity index (χ4v) is 3.05. The van der Waals surface area contributed by atoms with Crippen molar-refractivity contribution in [2.24, 2.45) is 12.0 Å². The number of halogens is 3. The van der Waals surface area contributed by atoms with E-state index >= 15 is 0 Å². The van der Waals surface area contributed by atoms with E-state index in [4.69, 9.17) is 23.2 Å². The lowest BCUT2D eigenvalue weighted by Crippen LogP contribution is -2.37. The van der Waals surface area contributed by atoms with Crippen molar-refractivity contribution in [3.05, 3.63) is 57.3 Å². The lowest BCUT2D eigenvalue weighted by atomic mass is 10.1. The van der Waals surface area contributed by atoms with Gasteiger partial charge in [0.1, 0.15) is 5.15 Å². The second kappa shape index (κ2) is 11.8. The van der Waals surface area contributed by atoms with E-state index in [9.17, 15) is 0 Å². The Morgan fingerprint density at radius 3 is 2.44 bits per heavy atom. The molecule has 0 aliphatic heterocycles. The van der Waals surface area contributed by atoms with Crippen LogP contribution < -0.4 is 10.6 Å². The monoisotopic (exact) mass is 523 g/mol. The highest BCUT2D eigenvalue weighted by atomic mass is 127. The molecule has 0 fully saturated rings. The third-order valence-corrected chi connectivity index (χ3v) is 4.75. The number of nitrogens with zero attached hydrogens (tertiary/aromatic N) is 3. The summed E-state index contributed by atoms with van der Waals surface area (Å²) in [6, 6.07) is 10.4. The summed E-state index contributed by atoms with van der Waals surface area (Å²) in [7, 11) is 6.03. The molecule has 27 heavy (non-hydrogen) atoms. The quantitative estimate of drug-likeness (QED) is 0.323. The first-order valence-corrected chi connectivity index (χ1v) is 9.40. The Hall–Kier alpha value is -0.960. The molecule has 0 aliphatic rings. The predicted octanol–water partition coefficient (Wildman–Crippen LogP) is 4.27. The Bertz CT molecular complexity index is 759. The standard InChI is InChI=1S/C19H27Cl2N5.HI/c1-5-22-19(24-12-16-10-17(20)18(21)26(16)4)23-11-14-7-6-8-15(9-14)13-25(2)3;/h6-10H,5,11-13H2,1-4H3,(H2,22,23,24);1H. The van der Waals surface area contributed by atoms with Crippen LogP contribution in [0, 0.1) is 0 Å². The highest BCUT2D eigenvalue weighted by molar-refractivity contribution is 14.0. The minimum atomic E-state index is 0. The summed E-state index contributed by atoms with van der Waals surface area (Å²) in [6.45, 7) is 4.97. The molecule has 0 radical (unpaired) electrons. The van der Waals surface area contributed by atoms with Gasteiger partial charge in [0, 0.05) is 25.8 Å². The molecule has 0 amide bonds. The van der Waals surface area contributed by atoms with Gasteiger partial charge in [0.05, 0.1) is 18.1 Å². The van der Waals surface area contributed by atoms with Gasteiger partial charge in [-0.25, -0.2) is 4.99 Å². The van der Waals surface area contributed by atoms with Crippen LogP contribution in [0.1, 0.15) is 23.7 Å². The zero-order chi connectivity index (χ0) is 19.1. The van der Waals surface area contributed by atoms with Crippen molar-refractivity contribution in [1.29, 1.82) is 0 Å². The third kappa shape index (κ3) is 7.52. The fourth-order valence-electron chi connectivity index (χ4n) is 2.64. The summed E-state index contributed by atoms with van der Waals surface area (Å²) >= 11 is 12.2. The minimum absolute atomic E-state index is 0. The van der Waals surface area contributed by atoms with Crippen molar-refractivity contribution in [3.8, 4) is 0 Å². The Morgan fingerprint density at radius 1 is 1.15 bits per heavy atom. The minimum Gasteiger partial charge on any atom is -0.357 e. The maximum absolute atomic E-state index is 6.12. The van der Waals surface area contributed by atoms with Crippen LogP contribution in [0.15, 0.2) is 35.3 Å². The Kier molecular flexibility index (Phi) is 10.5. The van der Waals surface area contributed by atoms with Gasteiger partial charge in [-0.2, -0.15) is 0 Å². The van der Waals surface area contributed by atoms with Crippen LogP contribution in [0.5, 0.6) is 0 Å². The van der Waals surface area contributed by atoms with Crippen molar-refractivity contribution in [1.82, 2.24) is 20.1 Å². The maximum Gasteiger partial charge on any atom is 0.191 e. The van der Waals surface area contributed by atoms with E-state index in [-0.39, 0.29) is 24.0 Å². The molecule has 2 N–H and O–H groups in total. The maximum atomic E-state index is 6.12. The molecular formula is C19H28Cl2IN5. The van der Waals surface area contributed by atoms with Crippen LogP contribution in [-0.2, 0) is 26.7 Å². The summed E-state index contributed by atoms with van der Waals surface area (Å²) in [5.41, 5.74) is 3.47. The number of hydrogen-bond donors (Lipinski definition) is 2. The van der Waals surface area contributed by atoms with Gasteiger partial charge in [-0.3, -0.25) is 0 Å². The van der Waals surface area contributed by atoms with E-state index in [1.165, 1.54) is 11.1 Å². The number of aromatic nitrogens is 1. The molecule has 2 rings (SSSR count). The molecule has 0 saturated heterocycles. The molecule has 0 atom stereocenters. The van der Waals surface area contributed by atoms with Gasteiger partial charge in [-0.15, -0.1) is 24.0 Å². The number of aliphatic imine (C=N–C) groups is 1. The highest BCUT2D eigenvalue weighted by Crippen LogP contribution is 2.24. The number of hydrogen-bond acceptors (Lipinski definition) is 2. The van der Waals surface area contributed by atoms with Crippen LogP contribution >= 0.6 is 47.2 Å². The average Bonchev–Trinajstić information content (AvgIpc) is 2.84. The molecule has 1 aromatic heterocycles. The van der Waals surface area contributed by atoms with Crippen LogP contribution in [0.3, 0.4) is 0 Å². The lowest BCUT2D eigenvalue weighted by molar-refractivity contribution is 0.402. The first-order valence-electron chi connectivity index (χ1n) is 8.65. The van der Waals surface area contributed by atoms with E-state index < -0.39 is 0 Å². The largest absolute Gasteiger partial charge is 0.357 e. The number of nitrogens with one attached hydrogen (secondary N) is 2. The Morgan fingerprint density at radius 2 is 1.85 bits per heavy atom. The van der Waals surface area contributed by atoms with E-state index in [1.807, 2.05) is 24.6 Å². The molecule has 0 aliphatic carbocycles.